The van der Waals surface area contributed by atoms with Gasteiger partial charge in [-0.1, -0.05) is 13.0 Å². The lowest BCUT2D eigenvalue weighted by Gasteiger charge is -2.42. The third kappa shape index (κ3) is 3.61. The summed E-state index contributed by atoms with van der Waals surface area (Å²) in [7, 11) is 0. The lowest BCUT2D eigenvalue weighted by atomic mass is 9.83. The number of anilines is 2. The van der Waals surface area contributed by atoms with E-state index in [0.29, 0.717) is 36.3 Å². The maximum Gasteiger partial charge on any atom is 0.323 e. The molecule has 0 radical (unpaired) electrons. The number of nitrogens with one attached hydrogen (secondary N) is 1. The van der Waals surface area contributed by atoms with E-state index in [1.807, 2.05) is 17.6 Å². The summed E-state index contributed by atoms with van der Waals surface area (Å²) in [5.74, 6) is 1.92. The second-order valence-corrected chi connectivity index (χ2v) is 7.20. The molecule has 2 aromatic rings. The molecule has 0 aromatic carbocycles. The first kappa shape index (κ1) is 17.8. The molecule has 2 bridgehead atoms. The highest BCUT2D eigenvalue weighted by Gasteiger charge is 2.35. The van der Waals surface area contributed by atoms with Gasteiger partial charge in [0.15, 0.2) is 0 Å². The van der Waals surface area contributed by atoms with E-state index in [4.69, 9.17) is 4.74 Å². The van der Waals surface area contributed by atoms with Crippen molar-refractivity contribution in [2.24, 2.45) is 5.92 Å². The van der Waals surface area contributed by atoms with Gasteiger partial charge in [0.05, 0.1) is 6.61 Å². The van der Waals surface area contributed by atoms with Crippen molar-refractivity contribution < 1.29 is 4.74 Å². The first-order chi connectivity index (χ1) is 13.2. The van der Waals surface area contributed by atoms with Crippen molar-refractivity contribution in [1.82, 2.24) is 19.5 Å². The number of pyridine rings is 1. The van der Waals surface area contributed by atoms with E-state index < -0.39 is 0 Å². The number of fused-ring (bicyclic) bond motifs is 4. The van der Waals surface area contributed by atoms with Gasteiger partial charge < -0.3 is 19.5 Å². The Kier molecular flexibility index (Phi) is 4.96. The second-order valence-electron chi connectivity index (χ2n) is 7.20. The van der Waals surface area contributed by atoms with Gasteiger partial charge in [0.1, 0.15) is 0 Å². The molecule has 2 unspecified atom stereocenters. The molecule has 1 fully saturated rings. The Morgan fingerprint density at radius 2 is 2.07 bits per heavy atom. The number of aromatic nitrogens is 4. The van der Waals surface area contributed by atoms with E-state index >= 15 is 0 Å². The molecule has 144 valence electrons. The van der Waals surface area contributed by atoms with E-state index in [0.717, 1.165) is 44.7 Å². The molecule has 4 heterocycles. The summed E-state index contributed by atoms with van der Waals surface area (Å²) in [6.07, 6.45) is 2.09. The van der Waals surface area contributed by atoms with Gasteiger partial charge in [-0.15, -0.1) is 0 Å². The molecule has 2 aromatic heterocycles. The topological polar surface area (TPSA) is 85.2 Å². The van der Waals surface area contributed by atoms with Crippen LogP contribution < -0.4 is 20.5 Å². The van der Waals surface area contributed by atoms with Crippen molar-refractivity contribution in [1.29, 1.82) is 0 Å². The van der Waals surface area contributed by atoms with Crippen LogP contribution in [0.15, 0.2) is 23.0 Å². The number of ether oxygens (including phenoxy) is 1. The first-order valence-electron chi connectivity index (χ1n) is 9.75. The van der Waals surface area contributed by atoms with Crippen LogP contribution in [0, 0.1) is 5.92 Å². The fourth-order valence-corrected chi connectivity index (χ4v) is 4.06. The number of hydrogen-bond donors (Lipinski definition) is 1. The Morgan fingerprint density at radius 3 is 2.89 bits per heavy atom. The maximum absolute atomic E-state index is 12.2. The number of nitrogens with zero attached hydrogens (tertiary/aromatic N) is 5. The third-order valence-corrected chi connectivity index (χ3v) is 5.17. The van der Waals surface area contributed by atoms with Gasteiger partial charge in [-0.05, 0) is 31.7 Å². The molecule has 27 heavy (non-hydrogen) atoms. The Hall–Kier alpha value is -2.64. The molecule has 0 spiro atoms. The molecule has 0 amide bonds. The fraction of sp³-hybridized carbons (Fsp3) is 0.579. The summed E-state index contributed by atoms with van der Waals surface area (Å²) in [6.45, 7) is 7.72. The zero-order valence-electron chi connectivity index (χ0n) is 15.9. The van der Waals surface area contributed by atoms with Crippen LogP contribution in [0.3, 0.4) is 0 Å². The second kappa shape index (κ2) is 7.54. The average molecular weight is 370 g/mol. The fourth-order valence-electron chi connectivity index (χ4n) is 4.06. The van der Waals surface area contributed by atoms with Crippen LogP contribution >= 0.6 is 0 Å². The van der Waals surface area contributed by atoms with Gasteiger partial charge >= 0.3 is 6.01 Å². The first-order valence-corrected chi connectivity index (χ1v) is 9.75. The van der Waals surface area contributed by atoms with Gasteiger partial charge in [0.25, 0.3) is 5.56 Å². The molecule has 8 heteroatoms. The molecule has 8 nitrogen and oxygen atoms in total. The standard InChI is InChI=1S/C19H26N6O2/c1-3-8-20-17-21-18(23-19(22-17)27-4-2)24-10-13-9-14(12-24)15-6-5-7-16(26)25(15)11-13/h5-7,13-14H,3-4,8-12H2,1-2H3,(H,20,21,22,23). The van der Waals surface area contributed by atoms with Crippen LogP contribution in [0.2, 0.25) is 0 Å². The van der Waals surface area contributed by atoms with Crippen LogP contribution in [0.5, 0.6) is 6.01 Å². The van der Waals surface area contributed by atoms with Gasteiger partial charge in [0.2, 0.25) is 11.9 Å². The zero-order valence-corrected chi connectivity index (χ0v) is 15.9. The van der Waals surface area contributed by atoms with Crippen molar-refractivity contribution >= 4 is 11.9 Å². The Morgan fingerprint density at radius 1 is 1.19 bits per heavy atom. The maximum atomic E-state index is 12.2. The van der Waals surface area contributed by atoms with E-state index in [-0.39, 0.29) is 5.56 Å². The quantitative estimate of drug-likeness (QED) is 0.831. The highest BCUT2D eigenvalue weighted by molar-refractivity contribution is 5.40. The number of hydrogen-bond acceptors (Lipinski definition) is 7. The monoisotopic (exact) mass is 370 g/mol. The summed E-state index contributed by atoms with van der Waals surface area (Å²) in [4.78, 5) is 27.9. The molecule has 2 aliphatic heterocycles. The van der Waals surface area contributed by atoms with Crippen molar-refractivity contribution in [3.05, 3.63) is 34.2 Å². The van der Waals surface area contributed by atoms with E-state index in [9.17, 15) is 4.79 Å². The smallest absolute Gasteiger partial charge is 0.323 e. The highest BCUT2D eigenvalue weighted by atomic mass is 16.5. The molecule has 4 rings (SSSR count). The van der Waals surface area contributed by atoms with Gasteiger partial charge in [-0.25, -0.2) is 0 Å². The van der Waals surface area contributed by atoms with E-state index in [1.165, 1.54) is 0 Å². The normalized spacial score (nSPS) is 20.9. The molecule has 1 saturated heterocycles. The summed E-state index contributed by atoms with van der Waals surface area (Å²) in [6, 6.07) is 5.93. The predicted molar refractivity (Wildman–Crippen MR) is 104 cm³/mol. The number of rotatable bonds is 6. The molecule has 0 aliphatic carbocycles. The lowest BCUT2D eigenvalue weighted by Crippen LogP contribution is -2.47. The van der Waals surface area contributed by atoms with Gasteiger partial charge in [-0.2, -0.15) is 15.0 Å². The Labute approximate surface area is 158 Å². The van der Waals surface area contributed by atoms with Crippen molar-refractivity contribution in [3.63, 3.8) is 0 Å². The van der Waals surface area contributed by atoms with E-state index in [1.54, 1.807) is 6.07 Å². The summed E-state index contributed by atoms with van der Waals surface area (Å²) in [5.41, 5.74) is 1.22. The molecule has 1 N–H and O–H groups in total. The minimum atomic E-state index is 0.0977. The van der Waals surface area contributed by atoms with Gasteiger partial charge in [0, 0.05) is 43.9 Å². The Balaban J connectivity index is 1.63. The largest absolute Gasteiger partial charge is 0.464 e. The minimum Gasteiger partial charge on any atom is -0.464 e. The van der Waals surface area contributed by atoms with E-state index in [2.05, 4.69) is 38.2 Å². The van der Waals surface area contributed by atoms with Crippen LogP contribution in [0.25, 0.3) is 0 Å². The summed E-state index contributed by atoms with van der Waals surface area (Å²) in [5, 5.41) is 3.23. The van der Waals surface area contributed by atoms with Crippen LogP contribution in [-0.4, -0.2) is 45.8 Å². The van der Waals surface area contributed by atoms with Crippen LogP contribution in [0.1, 0.15) is 38.3 Å². The molecule has 2 atom stereocenters. The molecular weight excluding hydrogens is 344 g/mol. The number of piperidine rings is 1. The predicted octanol–water partition coefficient (Wildman–Crippen LogP) is 1.88. The molecule has 2 aliphatic rings. The Bertz CT molecular complexity index is 868. The summed E-state index contributed by atoms with van der Waals surface area (Å²) >= 11 is 0. The van der Waals surface area contributed by atoms with Gasteiger partial charge in [-0.3, -0.25) is 4.79 Å². The lowest BCUT2D eigenvalue weighted by molar-refractivity contribution is 0.277. The molecular formula is C19H26N6O2. The zero-order chi connectivity index (χ0) is 18.8. The average Bonchev–Trinajstić information content (AvgIpc) is 2.67. The minimum absolute atomic E-state index is 0.0977. The summed E-state index contributed by atoms with van der Waals surface area (Å²) < 4.78 is 7.48. The van der Waals surface area contributed by atoms with Crippen molar-refractivity contribution in [2.75, 3.05) is 36.5 Å². The molecule has 0 saturated carbocycles. The van der Waals surface area contributed by atoms with Crippen LogP contribution in [0.4, 0.5) is 11.9 Å². The van der Waals surface area contributed by atoms with Crippen molar-refractivity contribution in [2.45, 2.75) is 39.2 Å². The van der Waals surface area contributed by atoms with Crippen LogP contribution in [-0.2, 0) is 6.54 Å². The van der Waals surface area contributed by atoms with Crippen molar-refractivity contribution in [3.8, 4) is 6.01 Å². The third-order valence-electron chi connectivity index (χ3n) is 5.17. The SMILES string of the molecule is CCCNc1nc(OCC)nc(N2CC3CC(C2)c2cccc(=O)n2C3)n1. The highest BCUT2D eigenvalue weighted by Crippen LogP contribution is 2.36.